The van der Waals surface area contributed by atoms with Crippen LogP contribution in [0.5, 0.6) is 0 Å². The van der Waals surface area contributed by atoms with Crippen LogP contribution in [-0.2, 0) is 0 Å². The van der Waals surface area contributed by atoms with Gasteiger partial charge in [-0.25, -0.2) is 0 Å². The highest BCUT2D eigenvalue weighted by Gasteiger charge is 1.97. The predicted molar refractivity (Wildman–Crippen MR) is 76.0 cm³/mol. The summed E-state index contributed by atoms with van der Waals surface area (Å²) in [5.74, 6) is 0. The van der Waals surface area contributed by atoms with Gasteiger partial charge in [-0.1, -0.05) is 36.2 Å². The van der Waals surface area contributed by atoms with Crippen molar-refractivity contribution in [1.29, 1.82) is 0 Å². The molecule has 1 nitrogen and oxygen atoms in total. The average molecular weight is 303 g/mol. The summed E-state index contributed by atoms with van der Waals surface area (Å²) >= 11 is 9.36. The van der Waals surface area contributed by atoms with Crippen molar-refractivity contribution in [3.05, 3.63) is 38.8 Å². The highest BCUT2D eigenvalue weighted by Crippen LogP contribution is 2.24. The molecule has 0 amide bonds. The van der Waals surface area contributed by atoms with Crippen molar-refractivity contribution in [2.24, 2.45) is 0 Å². The summed E-state index contributed by atoms with van der Waals surface area (Å²) in [6.45, 7) is 6.30. The van der Waals surface area contributed by atoms with Crippen LogP contribution in [0.4, 0.5) is 0 Å². The Hall–Kier alpha value is -0.310. The number of hydrogen-bond donors (Lipinski definition) is 1. The van der Waals surface area contributed by atoms with E-state index in [4.69, 9.17) is 11.6 Å². The Balaban J connectivity index is 2.63. The summed E-state index contributed by atoms with van der Waals surface area (Å²) in [5.41, 5.74) is 2.50. The van der Waals surface area contributed by atoms with Crippen LogP contribution < -0.4 is 5.32 Å². The number of benzene rings is 1. The first kappa shape index (κ1) is 13.8. The minimum Gasteiger partial charge on any atom is -0.313 e. The van der Waals surface area contributed by atoms with E-state index in [-0.39, 0.29) is 0 Å². The molecule has 88 valence electrons. The quantitative estimate of drug-likeness (QED) is 0.789. The Bertz CT molecular complexity index is 374. The van der Waals surface area contributed by atoms with Crippen molar-refractivity contribution >= 4 is 33.6 Å². The maximum atomic E-state index is 5.94. The van der Waals surface area contributed by atoms with Crippen molar-refractivity contribution < 1.29 is 0 Å². The number of nitrogens with one attached hydrogen (secondary N) is 1. The van der Waals surface area contributed by atoms with E-state index in [2.05, 4.69) is 41.2 Å². The fourth-order valence-electron chi connectivity index (χ4n) is 1.40. The van der Waals surface area contributed by atoms with E-state index < -0.39 is 0 Å². The van der Waals surface area contributed by atoms with Gasteiger partial charge in [0.15, 0.2) is 0 Å². The fourth-order valence-corrected chi connectivity index (χ4v) is 1.91. The molecule has 0 aliphatic heterocycles. The smallest absolute Gasteiger partial charge is 0.0548 e. The molecule has 0 aliphatic carbocycles. The van der Waals surface area contributed by atoms with Gasteiger partial charge in [0, 0.05) is 11.0 Å². The van der Waals surface area contributed by atoms with Crippen LogP contribution in [0.2, 0.25) is 5.02 Å². The zero-order chi connectivity index (χ0) is 12.0. The molecule has 0 heterocycles. The summed E-state index contributed by atoms with van der Waals surface area (Å²) in [6, 6.07) is 5.96. The van der Waals surface area contributed by atoms with Gasteiger partial charge in [0.1, 0.15) is 0 Å². The van der Waals surface area contributed by atoms with E-state index in [1.54, 1.807) is 0 Å². The summed E-state index contributed by atoms with van der Waals surface area (Å²) in [5, 5.41) is 4.12. The van der Waals surface area contributed by atoms with Gasteiger partial charge >= 0.3 is 0 Å². The third kappa shape index (κ3) is 4.69. The van der Waals surface area contributed by atoms with Gasteiger partial charge in [0.25, 0.3) is 0 Å². The summed E-state index contributed by atoms with van der Waals surface area (Å²) in [6.07, 6.45) is 3.34. The lowest BCUT2D eigenvalue weighted by atomic mass is 10.1. The van der Waals surface area contributed by atoms with Crippen LogP contribution in [-0.4, -0.2) is 13.1 Å². The van der Waals surface area contributed by atoms with Gasteiger partial charge in [-0.3, -0.25) is 0 Å². The molecule has 0 bridgehead atoms. The molecule has 0 saturated heterocycles. The third-order valence-electron chi connectivity index (χ3n) is 2.19. The summed E-state index contributed by atoms with van der Waals surface area (Å²) in [4.78, 5) is 0. The zero-order valence-corrected chi connectivity index (χ0v) is 12.0. The molecule has 1 rings (SSSR count). The fraction of sp³-hybridized carbons (Fsp3) is 0.385. The Kier molecular flexibility index (Phi) is 6.10. The third-order valence-corrected chi connectivity index (χ3v) is 3.40. The molecule has 0 saturated carbocycles. The molecule has 1 aromatic rings. The molecule has 3 heteroatoms. The topological polar surface area (TPSA) is 12.0 Å². The van der Waals surface area contributed by atoms with E-state index >= 15 is 0 Å². The first-order valence-corrected chi connectivity index (χ1v) is 6.63. The second-order valence-corrected chi connectivity index (χ2v) is 5.10. The minimum atomic E-state index is 0.749. The first-order valence-electron chi connectivity index (χ1n) is 5.46. The summed E-state index contributed by atoms with van der Waals surface area (Å²) < 4.78 is 0.942. The highest BCUT2D eigenvalue weighted by molar-refractivity contribution is 9.10. The van der Waals surface area contributed by atoms with E-state index in [1.165, 1.54) is 17.6 Å². The zero-order valence-electron chi connectivity index (χ0n) is 9.69. The van der Waals surface area contributed by atoms with Gasteiger partial charge in [-0.2, -0.15) is 0 Å². The molecule has 0 fully saturated rings. The maximum absolute atomic E-state index is 5.94. The lowest BCUT2D eigenvalue weighted by Crippen LogP contribution is -2.16. The number of halogens is 2. The highest BCUT2D eigenvalue weighted by atomic mass is 79.9. The summed E-state index contributed by atoms with van der Waals surface area (Å²) in [7, 11) is 0. The van der Waals surface area contributed by atoms with Crippen molar-refractivity contribution in [3.63, 3.8) is 0 Å². The standard InChI is InChI=1S/C13H17BrClN/c1-3-6-16-9-10(2)7-11-4-5-13(15)12(14)8-11/h4-5,7-8,16H,3,6,9H2,1-2H3/b10-7+. The SMILES string of the molecule is CCCNC/C(C)=C/c1ccc(Cl)c(Br)c1. The van der Waals surface area contributed by atoms with Crippen LogP contribution >= 0.6 is 27.5 Å². The molecule has 1 aromatic carbocycles. The number of hydrogen-bond acceptors (Lipinski definition) is 1. The average Bonchev–Trinajstić information content (AvgIpc) is 2.24. The van der Waals surface area contributed by atoms with Crippen molar-refractivity contribution in [3.8, 4) is 0 Å². The van der Waals surface area contributed by atoms with Gasteiger partial charge in [0.2, 0.25) is 0 Å². The molecule has 0 radical (unpaired) electrons. The van der Waals surface area contributed by atoms with Crippen LogP contribution in [0.15, 0.2) is 28.2 Å². The Morgan fingerprint density at radius 1 is 1.50 bits per heavy atom. The predicted octanol–water partition coefficient (Wildman–Crippen LogP) is 4.51. The van der Waals surface area contributed by atoms with E-state index in [1.807, 2.05) is 18.2 Å². The molecule has 1 N–H and O–H groups in total. The van der Waals surface area contributed by atoms with Crippen LogP contribution in [0.3, 0.4) is 0 Å². The van der Waals surface area contributed by atoms with E-state index in [0.717, 1.165) is 22.6 Å². The Morgan fingerprint density at radius 2 is 2.25 bits per heavy atom. The number of rotatable bonds is 5. The molecular weight excluding hydrogens is 286 g/mol. The normalized spacial score (nSPS) is 11.9. The van der Waals surface area contributed by atoms with Gasteiger partial charge < -0.3 is 5.32 Å². The second-order valence-electron chi connectivity index (χ2n) is 3.84. The van der Waals surface area contributed by atoms with Gasteiger partial charge in [0.05, 0.1) is 5.02 Å². The Morgan fingerprint density at radius 3 is 2.88 bits per heavy atom. The van der Waals surface area contributed by atoms with Crippen molar-refractivity contribution in [2.75, 3.05) is 13.1 Å². The Labute approximate surface area is 111 Å². The molecular formula is C13H17BrClN. The minimum absolute atomic E-state index is 0.749. The van der Waals surface area contributed by atoms with Gasteiger partial charge in [-0.05, 0) is 53.5 Å². The largest absolute Gasteiger partial charge is 0.313 e. The van der Waals surface area contributed by atoms with Crippen molar-refractivity contribution in [1.82, 2.24) is 5.32 Å². The van der Waals surface area contributed by atoms with E-state index in [0.29, 0.717) is 0 Å². The first-order chi connectivity index (χ1) is 7.63. The van der Waals surface area contributed by atoms with Crippen LogP contribution in [0.1, 0.15) is 25.8 Å². The lowest BCUT2D eigenvalue weighted by molar-refractivity contribution is 0.715. The molecule has 0 aromatic heterocycles. The van der Waals surface area contributed by atoms with Crippen LogP contribution in [0.25, 0.3) is 6.08 Å². The second kappa shape index (κ2) is 7.10. The monoisotopic (exact) mass is 301 g/mol. The van der Waals surface area contributed by atoms with Crippen molar-refractivity contribution in [2.45, 2.75) is 20.3 Å². The molecule has 0 aliphatic rings. The maximum Gasteiger partial charge on any atom is 0.0548 e. The molecule has 16 heavy (non-hydrogen) atoms. The lowest BCUT2D eigenvalue weighted by Gasteiger charge is -2.04. The van der Waals surface area contributed by atoms with Gasteiger partial charge in [-0.15, -0.1) is 0 Å². The molecule has 0 spiro atoms. The van der Waals surface area contributed by atoms with E-state index in [9.17, 15) is 0 Å². The van der Waals surface area contributed by atoms with Crippen LogP contribution in [0, 0.1) is 0 Å². The molecule has 0 atom stereocenters. The molecule has 0 unspecified atom stereocenters.